The largest absolute Gasteiger partial charge is 0.465 e. The lowest BCUT2D eigenvalue weighted by Gasteiger charge is -2.28. The van der Waals surface area contributed by atoms with Gasteiger partial charge in [-0.25, -0.2) is 0 Å². The smallest absolute Gasteiger partial charge is 0.323 e. The van der Waals surface area contributed by atoms with Crippen molar-refractivity contribution in [2.24, 2.45) is 0 Å². The summed E-state index contributed by atoms with van der Waals surface area (Å²) in [5.41, 5.74) is 0. The fourth-order valence-electron chi connectivity index (χ4n) is 2.41. The predicted octanol–water partition coefficient (Wildman–Crippen LogP) is 0.0250. The number of nitrogens with one attached hydrogen (secondary N) is 1. The molecule has 20 heavy (non-hydrogen) atoms. The van der Waals surface area contributed by atoms with Crippen LogP contribution in [0.3, 0.4) is 0 Å². The van der Waals surface area contributed by atoms with E-state index in [-0.39, 0.29) is 12.0 Å². The first-order valence-electron chi connectivity index (χ1n) is 7.23. The Hall–Kier alpha value is -1.47. The quantitative estimate of drug-likeness (QED) is 0.711. The van der Waals surface area contributed by atoms with E-state index in [1.54, 1.807) is 6.33 Å². The Morgan fingerprint density at radius 2 is 2.35 bits per heavy atom. The zero-order valence-corrected chi connectivity index (χ0v) is 12.2. The summed E-state index contributed by atoms with van der Waals surface area (Å²) in [6.45, 7) is 8.53. The molecule has 0 bridgehead atoms. The van der Waals surface area contributed by atoms with Gasteiger partial charge in [-0.3, -0.25) is 9.69 Å². The average molecular weight is 281 g/mol. The number of esters is 1. The fraction of sp³-hybridized carbons (Fsp3) is 0.769. The number of aromatic nitrogens is 3. The predicted molar refractivity (Wildman–Crippen MR) is 74.0 cm³/mol. The molecule has 1 aromatic rings. The molecule has 2 rings (SSSR count). The summed E-state index contributed by atoms with van der Waals surface area (Å²) in [5, 5.41) is 11.2. The number of fused-ring (bicyclic) bond motifs is 1. The van der Waals surface area contributed by atoms with E-state index in [0.29, 0.717) is 6.61 Å². The van der Waals surface area contributed by atoms with Crippen molar-refractivity contribution in [3.05, 3.63) is 12.2 Å². The van der Waals surface area contributed by atoms with E-state index in [4.69, 9.17) is 4.74 Å². The lowest BCUT2D eigenvalue weighted by molar-refractivity contribution is -0.145. The molecule has 1 atom stereocenters. The minimum atomic E-state index is -0.222. The Kier molecular flexibility index (Phi) is 5.49. The number of carbonyl (C=O) groups excluding carboxylic acids is 1. The number of carbonyl (C=O) groups is 1. The lowest BCUT2D eigenvalue weighted by Crippen LogP contribution is -2.42. The van der Waals surface area contributed by atoms with Gasteiger partial charge in [-0.2, -0.15) is 0 Å². The van der Waals surface area contributed by atoms with Crippen LogP contribution in [0.25, 0.3) is 0 Å². The first-order valence-corrected chi connectivity index (χ1v) is 7.23. The molecule has 0 radical (unpaired) electrons. The van der Waals surface area contributed by atoms with E-state index in [1.807, 2.05) is 13.8 Å². The number of hydrogen-bond acceptors (Lipinski definition) is 6. The molecule has 0 aliphatic carbocycles. The van der Waals surface area contributed by atoms with Gasteiger partial charge in [-0.15, -0.1) is 10.2 Å². The molecule has 0 saturated heterocycles. The van der Waals surface area contributed by atoms with Crippen LogP contribution in [0.2, 0.25) is 0 Å². The highest BCUT2D eigenvalue weighted by atomic mass is 16.5. The van der Waals surface area contributed by atoms with E-state index in [9.17, 15) is 4.79 Å². The SMILES string of the molecule is CCNC(CCN1CCn2cnnc2C1)C(=O)OCC. The van der Waals surface area contributed by atoms with E-state index in [0.717, 1.165) is 45.0 Å². The van der Waals surface area contributed by atoms with Gasteiger partial charge in [0.1, 0.15) is 18.2 Å². The van der Waals surface area contributed by atoms with E-state index in [2.05, 4.69) is 25.0 Å². The molecule has 7 heteroatoms. The summed E-state index contributed by atoms with van der Waals surface area (Å²) in [5.74, 6) is 0.835. The van der Waals surface area contributed by atoms with Gasteiger partial charge in [0.15, 0.2) is 0 Å². The van der Waals surface area contributed by atoms with Crippen LogP contribution in [0.4, 0.5) is 0 Å². The minimum Gasteiger partial charge on any atom is -0.465 e. The summed E-state index contributed by atoms with van der Waals surface area (Å²) in [7, 11) is 0. The van der Waals surface area contributed by atoms with Crippen LogP contribution in [0.5, 0.6) is 0 Å². The van der Waals surface area contributed by atoms with Crippen molar-refractivity contribution in [1.82, 2.24) is 25.0 Å². The van der Waals surface area contributed by atoms with Crippen molar-refractivity contribution in [2.75, 3.05) is 26.2 Å². The summed E-state index contributed by atoms with van der Waals surface area (Å²) >= 11 is 0. The van der Waals surface area contributed by atoms with Gasteiger partial charge < -0.3 is 14.6 Å². The maximum atomic E-state index is 11.8. The Morgan fingerprint density at radius 3 is 3.10 bits per heavy atom. The average Bonchev–Trinajstić information content (AvgIpc) is 2.91. The van der Waals surface area contributed by atoms with Crippen molar-refractivity contribution in [3.63, 3.8) is 0 Å². The monoisotopic (exact) mass is 281 g/mol. The van der Waals surface area contributed by atoms with Crippen molar-refractivity contribution in [1.29, 1.82) is 0 Å². The molecule has 2 heterocycles. The highest BCUT2D eigenvalue weighted by Crippen LogP contribution is 2.10. The number of nitrogens with zero attached hydrogens (tertiary/aromatic N) is 4. The molecular weight excluding hydrogens is 258 g/mol. The van der Waals surface area contributed by atoms with Gasteiger partial charge in [0.2, 0.25) is 0 Å². The molecule has 0 spiro atoms. The molecule has 0 fully saturated rings. The molecule has 1 aliphatic rings. The van der Waals surface area contributed by atoms with Gasteiger partial charge >= 0.3 is 5.97 Å². The summed E-state index contributed by atoms with van der Waals surface area (Å²) < 4.78 is 7.17. The second-order valence-corrected chi connectivity index (χ2v) is 4.87. The third kappa shape index (κ3) is 3.77. The van der Waals surface area contributed by atoms with Crippen LogP contribution in [-0.4, -0.2) is 57.9 Å². The zero-order chi connectivity index (χ0) is 14.4. The van der Waals surface area contributed by atoms with E-state index < -0.39 is 0 Å². The van der Waals surface area contributed by atoms with Crippen molar-refractivity contribution < 1.29 is 9.53 Å². The molecule has 1 N–H and O–H groups in total. The molecule has 1 unspecified atom stereocenters. The summed E-state index contributed by atoms with van der Waals surface area (Å²) in [6.07, 6.45) is 2.52. The Balaban J connectivity index is 1.82. The van der Waals surface area contributed by atoms with Crippen molar-refractivity contribution in [2.45, 2.75) is 39.4 Å². The fourth-order valence-corrected chi connectivity index (χ4v) is 2.41. The van der Waals surface area contributed by atoms with Crippen LogP contribution < -0.4 is 5.32 Å². The molecule has 112 valence electrons. The van der Waals surface area contributed by atoms with E-state index in [1.165, 1.54) is 0 Å². The second kappa shape index (κ2) is 7.35. The van der Waals surface area contributed by atoms with Gasteiger partial charge in [0.05, 0.1) is 13.2 Å². The highest BCUT2D eigenvalue weighted by molar-refractivity contribution is 5.75. The molecule has 7 nitrogen and oxygen atoms in total. The standard InChI is InChI=1S/C13H23N5O2/c1-3-14-11(13(19)20-4-2)5-6-17-7-8-18-10-15-16-12(18)9-17/h10-11,14H,3-9H2,1-2H3. The number of likely N-dealkylation sites (N-methyl/N-ethyl adjacent to an activating group) is 1. The van der Waals surface area contributed by atoms with Crippen LogP contribution >= 0.6 is 0 Å². The summed E-state index contributed by atoms with van der Waals surface area (Å²) in [4.78, 5) is 14.1. The lowest BCUT2D eigenvalue weighted by atomic mass is 10.2. The van der Waals surface area contributed by atoms with Crippen molar-refractivity contribution >= 4 is 5.97 Å². The first kappa shape index (κ1) is 14.9. The van der Waals surface area contributed by atoms with Gasteiger partial charge in [0, 0.05) is 19.6 Å². The van der Waals surface area contributed by atoms with Crippen LogP contribution in [0.1, 0.15) is 26.1 Å². The first-order chi connectivity index (χ1) is 9.74. The number of ether oxygens (including phenoxy) is 1. The molecule has 0 aromatic carbocycles. The highest BCUT2D eigenvalue weighted by Gasteiger charge is 2.22. The zero-order valence-electron chi connectivity index (χ0n) is 12.2. The maximum Gasteiger partial charge on any atom is 0.323 e. The normalized spacial score (nSPS) is 16.7. The van der Waals surface area contributed by atoms with Gasteiger partial charge in [-0.05, 0) is 19.9 Å². The van der Waals surface area contributed by atoms with Gasteiger partial charge in [-0.1, -0.05) is 6.92 Å². The second-order valence-electron chi connectivity index (χ2n) is 4.87. The molecule has 0 saturated carbocycles. The van der Waals surface area contributed by atoms with Crippen molar-refractivity contribution in [3.8, 4) is 0 Å². The van der Waals surface area contributed by atoms with Crippen LogP contribution in [-0.2, 0) is 22.6 Å². The molecule has 0 amide bonds. The Bertz CT molecular complexity index is 434. The Morgan fingerprint density at radius 1 is 1.50 bits per heavy atom. The molecular formula is C13H23N5O2. The minimum absolute atomic E-state index is 0.158. The van der Waals surface area contributed by atoms with Gasteiger partial charge in [0.25, 0.3) is 0 Å². The Labute approximate surface area is 119 Å². The maximum absolute atomic E-state index is 11.8. The number of rotatable bonds is 7. The third-order valence-electron chi connectivity index (χ3n) is 3.47. The number of hydrogen-bond donors (Lipinski definition) is 1. The molecule has 1 aromatic heterocycles. The van der Waals surface area contributed by atoms with Crippen LogP contribution in [0, 0.1) is 0 Å². The van der Waals surface area contributed by atoms with Crippen LogP contribution in [0.15, 0.2) is 6.33 Å². The molecule has 1 aliphatic heterocycles. The third-order valence-corrected chi connectivity index (χ3v) is 3.47. The van der Waals surface area contributed by atoms with E-state index >= 15 is 0 Å². The summed E-state index contributed by atoms with van der Waals surface area (Å²) in [6, 6.07) is -0.222. The topological polar surface area (TPSA) is 72.3 Å².